The van der Waals surface area contributed by atoms with Gasteiger partial charge in [-0.2, -0.15) is 0 Å². The summed E-state index contributed by atoms with van der Waals surface area (Å²) in [6.45, 7) is 7.73. The normalized spacial score (nSPS) is 25.8. The zero-order valence-electron chi connectivity index (χ0n) is 13.4. The Morgan fingerprint density at radius 1 is 1.29 bits per heavy atom. The minimum absolute atomic E-state index is 0.141. The Hall–Kier alpha value is -0.650. The summed E-state index contributed by atoms with van der Waals surface area (Å²) in [5.41, 5.74) is 6.03. The fourth-order valence-corrected chi connectivity index (χ4v) is 3.23. The van der Waals surface area contributed by atoms with Crippen LogP contribution in [-0.2, 0) is 9.53 Å². The minimum atomic E-state index is -0.310. The minimum Gasteiger partial charge on any atom is -0.377 e. The van der Waals surface area contributed by atoms with Crippen molar-refractivity contribution >= 4 is 5.91 Å². The van der Waals surface area contributed by atoms with Crippen molar-refractivity contribution < 1.29 is 9.53 Å². The summed E-state index contributed by atoms with van der Waals surface area (Å²) in [5.74, 6) is 0.141. The molecule has 2 fully saturated rings. The van der Waals surface area contributed by atoms with Crippen molar-refractivity contribution in [3.63, 3.8) is 0 Å². The topological polar surface area (TPSA) is 58.8 Å². The maximum Gasteiger partial charge on any atom is 0.239 e. The molecule has 2 aliphatic rings. The maximum atomic E-state index is 12.4. The van der Waals surface area contributed by atoms with Crippen molar-refractivity contribution in [1.82, 2.24) is 9.80 Å². The van der Waals surface area contributed by atoms with Crippen molar-refractivity contribution in [1.29, 1.82) is 0 Å². The summed E-state index contributed by atoms with van der Waals surface area (Å²) < 4.78 is 5.71. The zero-order chi connectivity index (χ0) is 15.1. The third kappa shape index (κ3) is 5.24. The van der Waals surface area contributed by atoms with Gasteiger partial charge in [-0.3, -0.25) is 9.69 Å². The van der Waals surface area contributed by atoms with E-state index in [1.807, 2.05) is 4.90 Å². The van der Waals surface area contributed by atoms with Crippen LogP contribution in [0.15, 0.2) is 0 Å². The van der Waals surface area contributed by atoms with E-state index in [1.54, 1.807) is 0 Å². The lowest BCUT2D eigenvalue weighted by molar-refractivity contribution is -0.132. The highest BCUT2D eigenvalue weighted by Gasteiger charge is 2.25. The van der Waals surface area contributed by atoms with Gasteiger partial charge in [0.25, 0.3) is 0 Å². The van der Waals surface area contributed by atoms with Crippen LogP contribution in [0.25, 0.3) is 0 Å². The Morgan fingerprint density at radius 2 is 2.14 bits per heavy atom. The molecule has 2 rings (SSSR count). The van der Waals surface area contributed by atoms with Gasteiger partial charge in [0.15, 0.2) is 0 Å². The molecule has 2 saturated heterocycles. The van der Waals surface area contributed by atoms with Crippen LogP contribution in [0.5, 0.6) is 0 Å². The van der Waals surface area contributed by atoms with E-state index < -0.39 is 0 Å². The van der Waals surface area contributed by atoms with Crippen LogP contribution in [-0.4, -0.2) is 67.2 Å². The molecule has 0 radical (unpaired) electrons. The molecule has 5 nitrogen and oxygen atoms in total. The standard InChI is InChI=1S/C16H31N3O2/c1-2-3-7-15(17)16(20)19-9-5-8-18(10-11-19)13-14-6-4-12-21-14/h14-15H,2-13,17H2,1H3. The maximum absolute atomic E-state index is 12.4. The molecule has 2 aliphatic heterocycles. The summed E-state index contributed by atoms with van der Waals surface area (Å²) in [6, 6.07) is -0.310. The quantitative estimate of drug-likeness (QED) is 0.801. The molecule has 0 aromatic rings. The molecule has 2 unspecified atom stereocenters. The van der Waals surface area contributed by atoms with Crippen LogP contribution in [0.4, 0.5) is 0 Å². The van der Waals surface area contributed by atoms with E-state index in [4.69, 9.17) is 10.5 Å². The first-order chi connectivity index (χ1) is 10.2. The molecule has 2 heterocycles. The zero-order valence-corrected chi connectivity index (χ0v) is 13.4. The number of carbonyl (C=O) groups excluding carboxylic acids is 1. The summed E-state index contributed by atoms with van der Waals surface area (Å²) in [5, 5.41) is 0. The molecule has 21 heavy (non-hydrogen) atoms. The number of unbranched alkanes of at least 4 members (excludes halogenated alkanes) is 1. The van der Waals surface area contributed by atoms with Gasteiger partial charge < -0.3 is 15.4 Å². The number of hydrogen-bond donors (Lipinski definition) is 1. The highest BCUT2D eigenvalue weighted by atomic mass is 16.5. The first kappa shape index (κ1) is 16.7. The molecule has 0 aromatic heterocycles. The average molecular weight is 297 g/mol. The fourth-order valence-electron chi connectivity index (χ4n) is 3.23. The van der Waals surface area contributed by atoms with E-state index in [1.165, 1.54) is 12.8 Å². The van der Waals surface area contributed by atoms with E-state index in [9.17, 15) is 4.79 Å². The highest BCUT2D eigenvalue weighted by Crippen LogP contribution is 2.15. The monoisotopic (exact) mass is 297 g/mol. The van der Waals surface area contributed by atoms with E-state index in [2.05, 4.69) is 11.8 Å². The molecular weight excluding hydrogens is 266 g/mol. The average Bonchev–Trinajstić information content (AvgIpc) is 2.89. The molecule has 122 valence electrons. The van der Waals surface area contributed by atoms with E-state index in [0.29, 0.717) is 6.10 Å². The van der Waals surface area contributed by atoms with Gasteiger partial charge in [0.2, 0.25) is 5.91 Å². The first-order valence-electron chi connectivity index (χ1n) is 8.59. The van der Waals surface area contributed by atoms with Gasteiger partial charge in [0, 0.05) is 32.8 Å². The van der Waals surface area contributed by atoms with Gasteiger partial charge >= 0.3 is 0 Å². The Morgan fingerprint density at radius 3 is 2.86 bits per heavy atom. The fraction of sp³-hybridized carbons (Fsp3) is 0.938. The van der Waals surface area contributed by atoms with Crippen molar-refractivity contribution in [3.05, 3.63) is 0 Å². The first-order valence-corrected chi connectivity index (χ1v) is 8.59. The van der Waals surface area contributed by atoms with Gasteiger partial charge in [0.1, 0.15) is 0 Å². The molecule has 2 atom stereocenters. The lowest BCUT2D eigenvalue weighted by Gasteiger charge is -2.25. The van der Waals surface area contributed by atoms with Crippen molar-refractivity contribution in [2.45, 2.75) is 57.6 Å². The number of nitrogens with zero attached hydrogens (tertiary/aromatic N) is 2. The van der Waals surface area contributed by atoms with Crippen LogP contribution >= 0.6 is 0 Å². The van der Waals surface area contributed by atoms with Crippen LogP contribution < -0.4 is 5.73 Å². The van der Waals surface area contributed by atoms with Crippen molar-refractivity contribution in [3.8, 4) is 0 Å². The van der Waals surface area contributed by atoms with Gasteiger partial charge in [-0.05, 0) is 32.2 Å². The summed E-state index contributed by atoms with van der Waals surface area (Å²) >= 11 is 0. The number of carbonyl (C=O) groups is 1. The highest BCUT2D eigenvalue weighted by molar-refractivity contribution is 5.81. The van der Waals surface area contributed by atoms with E-state index >= 15 is 0 Å². The van der Waals surface area contributed by atoms with Gasteiger partial charge in [0.05, 0.1) is 12.1 Å². The van der Waals surface area contributed by atoms with Crippen LogP contribution in [0.1, 0.15) is 45.4 Å². The van der Waals surface area contributed by atoms with Crippen molar-refractivity contribution in [2.75, 3.05) is 39.3 Å². The predicted molar refractivity (Wildman–Crippen MR) is 84.1 cm³/mol. The third-order valence-electron chi connectivity index (χ3n) is 4.57. The number of hydrogen-bond acceptors (Lipinski definition) is 4. The second-order valence-electron chi connectivity index (χ2n) is 6.36. The van der Waals surface area contributed by atoms with E-state index in [-0.39, 0.29) is 11.9 Å². The molecule has 0 saturated carbocycles. The van der Waals surface area contributed by atoms with Crippen LogP contribution in [0.3, 0.4) is 0 Å². The number of amides is 1. The second-order valence-corrected chi connectivity index (χ2v) is 6.36. The number of nitrogens with two attached hydrogens (primary N) is 1. The molecule has 0 aromatic carbocycles. The molecular formula is C16H31N3O2. The van der Waals surface area contributed by atoms with Crippen LogP contribution in [0, 0.1) is 0 Å². The predicted octanol–water partition coefficient (Wildman–Crippen LogP) is 1.22. The summed E-state index contributed by atoms with van der Waals surface area (Å²) in [4.78, 5) is 16.8. The molecule has 5 heteroatoms. The summed E-state index contributed by atoms with van der Waals surface area (Å²) in [6.07, 6.45) is 6.75. The molecule has 0 spiro atoms. The third-order valence-corrected chi connectivity index (χ3v) is 4.57. The molecule has 1 amide bonds. The lowest BCUT2D eigenvalue weighted by Crippen LogP contribution is -2.45. The smallest absolute Gasteiger partial charge is 0.239 e. The summed E-state index contributed by atoms with van der Waals surface area (Å²) in [7, 11) is 0. The largest absolute Gasteiger partial charge is 0.377 e. The van der Waals surface area contributed by atoms with Crippen LogP contribution in [0.2, 0.25) is 0 Å². The van der Waals surface area contributed by atoms with Crippen molar-refractivity contribution in [2.24, 2.45) is 5.73 Å². The van der Waals surface area contributed by atoms with E-state index in [0.717, 1.165) is 65.0 Å². The Bertz CT molecular complexity index is 319. The number of ether oxygens (including phenoxy) is 1. The van der Waals surface area contributed by atoms with Gasteiger partial charge in [-0.25, -0.2) is 0 Å². The second kappa shape index (κ2) is 8.71. The lowest BCUT2D eigenvalue weighted by atomic mass is 10.1. The van der Waals surface area contributed by atoms with Gasteiger partial charge in [-0.15, -0.1) is 0 Å². The SMILES string of the molecule is CCCCC(N)C(=O)N1CCCN(CC2CCCO2)CC1. The number of rotatable bonds is 6. The van der Waals surface area contributed by atoms with Gasteiger partial charge in [-0.1, -0.05) is 19.8 Å². The molecule has 2 N–H and O–H groups in total. The molecule has 0 aliphatic carbocycles. The molecule has 0 bridgehead atoms. The Kier molecular flexibility index (Phi) is 6.93. The Labute approximate surface area is 128 Å². The Balaban J connectivity index is 1.75.